The Morgan fingerprint density at radius 3 is 2.43 bits per heavy atom. The minimum absolute atomic E-state index is 0.0506. The van der Waals surface area contributed by atoms with Crippen molar-refractivity contribution < 1.29 is 9.59 Å². The summed E-state index contributed by atoms with van der Waals surface area (Å²) in [4.78, 5) is 29.7. The Morgan fingerprint density at radius 1 is 1.03 bits per heavy atom. The predicted octanol–water partition coefficient (Wildman–Crippen LogP) is 3.38. The first-order valence-electron chi connectivity index (χ1n) is 10.9. The van der Waals surface area contributed by atoms with Crippen LogP contribution in [0.15, 0.2) is 24.3 Å². The van der Waals surface area contributed by atoms with E-state index in [4.69, 9.17) is 0 Å². The van der Waals surface area contributed by atoms with Gasteiger partial charge in [-0.15, -0.1) is 0 Å². The Kier molecular flexibility index (Phi) is 6.95. The molecule has 0 unspecified atom stereocenters. The van der Waals surface area contributed by atoms with E-state index in [0.717, 1.165) is 41.0 Å². The maximum Gasteiger partial charge on any atom is 0.253 e. The van der Waals surface area contributed by atoms with Gasteiger partial charge < -0.3 is 9.80 Å². The van der Waals surface area contributed by atoms with Gasteiger partial charge in [0.05, 0.1) is 12.1 Å². The molecule has 2 amide bonds. The first-order valence-corrected chi connectivity index (χ1v) is 10.9. The minimum atomic E-state index is 0.0506. The Labute approximate surface area is 179 Å². The van der Waals surface area contributed by atoms with Crippen LogP contribution in [0.1, 0.15) is 53.1 Å². The van der Waals surface area contributed by atoms with Gasteiger partial charge in [0, 0.05) is 49.5 Å². The summed E-state index contributed by atoms with van der Waals surface area (Å²) < 4.78 is 2.02. The number of amides is 2. The zero-order valence-corrected chi connectivity index (χ0v) is 18.9. The second-order valence-corrected chi connectivity index (χ2v) is 8.80. The summed E-state index contributed by atoms with van der Waals surface area (Å²) in [7, 11) is 0. The van der Waals surface area contributed by atoms with Crippen LogP contribution < -0.4 is 0 Å². The van der Waals surface area contributed by atoms with Crippen LogP contribution >= 0.6 is 0 Å². The van der Waals surface area contributed by atoms with Gasteiger partial charge in [-0.25, -0.2) is 0 Å². The Bertz CT molecular complexity index is 916. The molecule has 1 saturated heterocycles. The molecule has 0 bridgehead atoms. The molecule has 1 fully saturated rings. The molecule has 0 saturated carbocycles. The van der Waals surface area contributed by atoms with Gasteiger partial charge in [0.25, 0.3) is 5.91 Å². The molecule has 30 heavy (non-hydrogen) atoms. The highest BCUT2D eigenvalue weighted by Gasteiger charge is 2.24. The highest BCUT2D eigenvalue weighted by Crippen LogP contribution is 2.17. The van der Waals surface area contributed by atoms with Crippen LogP contribution in [0.2, 0.25) is 0 Å². The quantitative estimate of drug-likeness (QED) is 0.759. The van der Waals surface area contributed by atoms with Crippen LogP contribution in [0.4, 0.5) is 0 Å². The summed E-state index contributed by atoms with van der Waals surface area (Å²) in [6.45, 7) is 13.7. The van der Waals surface area contributed by atoms with Crippen molar-refractivity contribution in [2.24, 2.45) is 5.92 Å². The third-order valence-corrected chi connectivity index (χ3v) is 5.80. The lowest BCUT2D eigenvalue weighted by Crippen LogP contribution is -2.38. The molecular formula is C24H34N4O2. The van der Waals surface area contributed by atoms with Gasteiger partial charge in [0.2, 0.25) is 5.91 Å². The fraction of sp³-hybridized carbons (Fsp3) is 0.542. The normalized spacial score (nSPS) is 14.9. The number of aromatic nitrogens is 2. The molecule has 2 heterocycles. The van der Waals surface area contributed by atoms with E-state index >= 15 is 0 Å². The maximum absolute atomic E-state index is 13.0. The highest BCUT2D eigenvalue weighted by atomic mass is 16.2. The van der Waals surface area contributed by atoms with Crippen molar-refractivity contribution in [3.63, 3.8) is 0 Å². The molecule has 2 aromatic rings. The van der Waals surface area contributed by atoms with Gasteiger partial charge in [-0.2, -0.15) is 5.10 Å². The topological polar surface area (TPSA) is 58.4 Å². The van der Waals surface area contributed by atoms with Crippen molar-refractivity contribution in [3.05, 3.63) is 52.3 Å². The van der Waals surface area contributed by atoms with Crippen LogP contribution in [0.3, 0.4) is 0 Å². The number of carbonyl (C=O) groups excluding carboxylic acids is 2. The number of aryl methyl sites for hydroxylation is 2. The monoisotopic (exact) mass is 410 g/mol. The maximum atomic E-state index is 13.0. The van der Waals surface area contributed by atoms with Gasteiger partial charge in [0.1, 0.15) is 0 Å². The van der Waals surface area contributed by atoms with Crippen molar-refractivity contribution in [3.8, 4) is 0 Å². The van der Waals surface area contributed by atoms with E-state index in [1.165, 1.54) is 0 Å². The third-order valence-electron chi connectivity index (χ3n) is 5.80. The van der Waals surface area contributed by atoms with Crippen molar-refractivity contribution in [2.45, 2.75) is 54.0 Å². The molecule has 6 nitrogen and oxygen atoms in total. The number of nitrogens with zero attached hydrogens (tertiary/aromatic N) is 4. The van der Waals surface area contributed by atoms with Gasteiger partial charge in [-0.1, -0.05) is 31.5 Å². The summed E-state index contributed by atoms with van der Waals surface area (Å²) in [5.41, 5.74) is 4.86. The number of hydrogen-bond acceptors (Lipinski definition) is 3. The molecule has 1 aromatic heterocycles. The Balaban J connectivity index is 1.64. The lowest BCUT2D eigenvalue weighted by Gasteiger charge is -2.22. The van der Waals surface area contributed by atoms with Gasteiger partial charge in [-0.05, 0) is 45.2 Å². The summed E-state index contributed by atoms with van der Waals surface area (Å²) in [6.07, 6.45) is 1.18. The van der Waals surface area contributed by atoms with Crippen LogP contribution in [-0.4, -0.2) is 57.6 Å². The molecule has 3 rings (SSSR count). The third kappa shape index (κ3) is 5.10. The number of rotatable bonds is 5. The zero-order chi connectivity index (χ0) is 21.8. The van der Waals surface area contributed by atoms with E-state index in [-0.39, 0.29) is 11.8 Å². The summed E-state index contributed by atoms with van der Waals surface area (Å²) in [6, 6.07) is 7.70. The van der Waals surface area contributed by atoms with E-state index in [1.54, 1.807) is 0 Å². The molecule has 0 spiro atoms. The first kappa shape index (κ1) is 22.1. The molecule has 162 valence electrons. The van der Waals surface area contributed by atoms with Crippen LogP contribution in [0.5, 0.6) is 0 Å². The van der Waals surface area contributed by atoms with E-state index in [2.05, 4.69) is 25.9 Å². The van der Waals surface area contributed by atoms with Crippen molar-refractivity contribution in [1.82, 2.24) is 19.6 Å². The smallest absolute Gasteiger partial charge is 0.253 e. The number of carbonyl (C=O) groups is 2. The molecule has 1 aliphatic heterocycles. The van der Waals surface area contributed by atoms with Crippen molar-refractivity contribution in [2.75, 3.05) is 26.2 Å². The SMILES string of the molecule is Cc1cccc(C(=O)N2CCCN(C(=O)Cc3c(C)nn(CC(C)C)c3C)CC2)c1. The predicted molar refractivity (Wildman–Crippen MR) is 119 cm³/mol. The molecule has 6 heteroatoms. The average molecular weight is 411 g/mol. The average Bonchev–Trinajstić information content (AvgIpc) is 2.88. The Hall–Kier alpha value is -2.63. The van der Waals surface area contributed by atoms with Crippen LogP contribution in [0, 0.1) is 26.7 Å². The van der Waals surface area contributed by atoms with Crippen molar-refractivity contribution in [1.29, 1.82) is 0 Å². The molecule has 1 aliphatic rings. The van der Waals surface area contributed by atoms with Gasteiger partial charge >= 0.3 is 0 Å². The Morgan fingerprint density at radius 2 is 1.73 bits per heavy atom. The first-order chi connectivity index (χ1) is 14.3. The van der Waals surface area contributed by atoms with E-state index in [9.17, 15) is 9.59 Å². The minimum Gasteiger partial charge on any atom is -0.341 e. The second kappa shape index (κ2) is 9.45. The standard InChI is InChI=1S/C24H34N4O2/c1-17(2)16-28-20(5)22(19(4)25-28)15-23(29)26-10-7-11-27(13-12-26)24(30)21-9-6-8-18(3)14-21/h6,8-9,14,17H,7,10-13,15-16H2,1-5H3. The largest absolute Gasteiger partial charge is 0.341 e. The molecule has 0 radical (unpaired) electrons. The molecular weight excluding hydrogens is 376 g/mol. The molecule has 0 aliphatic carbocycles. The van der Waals surface area contributed by atoms with E-state index in [1.807, 2.05) is 52.6 Å². The summed E-state index contributed by atoms with van der Waals surface area (Å²) in [5, 5.41) is 4.64. The lowest BCUT2D eigenvalue weighted by atomic mass is 10.1. The molecule has 0 N–H and O–H groups in total. The number of benzene rings is 1. The fourth-order valence-corrected chi connectivity index (χ4v) is 4.11. The second-order valence-electron chi connectivity index (χ2n) is 8.80. The molecule has 1 aromatic carbocycles. The van der Waals surface area contributed by atoms with Crippen LogP contribution in [0.25, 0.3) is 0 Å². The fourth-order valence-electron chi connectivity index (χ4n) is 4.11. The van der Waals surface area contributed by atoms with Gasteiger partial charge in [-0.3, -0.25) is 14.3 Å². The number of hydrogen-bond donors (Lipinski definition) is 0. The highest BCUT2D eigenvalue weighted by molar-refractivity contribution is 5.94. The zero-order valence-electron chi connectivity index (χ0n) is 18.9. The molecule has 0 atom stereocenters. The van der Waals surface area contributed by atoms with Gasteiger partial charge in [0.15, 0.2) is 0 Å². The van der Waals surface area contributed by atoms with Crippen LogP contribution in [-0.2, 0) is 17.8 Å². The summed E-state index contributed by atoms with van der Waals surface area (Å²) in [5.74, 6) is 0.680. The lowest BCUT2D eigenvalue weighted by molar-refractivity contribution is -0.130. The van der Waals surface area contributed by atoms with Crippen molar-refractivity contribution >= 4 is 11.8 Å². The summed E-state index contributed by atoms with van der Waals surface area (Å²) >= 11 is 0. The van der Waals surface area contributed by atoms with E-state index in [0.29, 0.717) is 38.5 Å². The van der Waals surface area contributed by atoms with E-state index < -0.39 is 0 Å².